The molecule has 1 aromatic heterocycles. The monoisotopic (exact) mass is 364 g/mol. The molecule has 3 rings (SSSR count). The Hall–Kier alpha value is -2.37. The minimum Gasteiger partial charge on any atom is -0.494 e. The number of nitrogens with zero attached hydrogens (tertiary/aromatic N) is 2. The molecule has 24 heavy (non-hydrogen) atoms. The number of hydrogen-bond donors (Lipinski definition) is 0. The van der Waals surface area contributed by atoms with Gasteiger partial charge in [0.1, 0.15) is 5.03 Å². The van der Waals surface area contributed by atoms with Crippen molar-refractivity contribution in [2.75, 3.05) is 7.11 Å². The molecule has 0 saturated heterocycles. The average molecular weight is 365 g/mol. The molecule has 0 aliphatic rings. The van der Waals surface area contributed by atoms with Crippen LogP contribution in [0.15, 0.2) is 47.0 Å². The molecule has 1 heterocycles. The first-order valence-electron chi connectivity index (χ1n) is 6.87. The molecule has 0 spiro atoms. The lowest BCUT2D eigenvalue weighted by Crippen LogP contribution is -1.88. The van der Waals surface area contributed by atoms with Crippen molar-refractivity contribution in [2.45, 2.75) is 0 Å². The number of hydrogen-bond acceptors (Lipinski definition) is 4. The molecule has 0 amide bonds. The Kier molecular flexibility index (Phi) is 4.83. The zero-order valence-electron chi connectivity index (χ0n) is 12.5. The molecule has 0 bridgehead atoms. The zero-order chi connectivity index (χ0) is 17.1. The summed E-state index contributed by atoms with van der Waals surface area (Å²) < 4.78 is 23.7. The van der Waals surface area contributed by atoms with E-state index >= 15 is 0 Å². The molecule has 3 aromatic rings. The van der Waals surface area contributed by atoms with E-state index in [4.69, 9.17) is 32.5 Å². The lowest BCUT2D eigenvalue weighted by Gasteiger charge is -2.02. The van der Waals surface area contributed by atoms with Crippen LogP contribution in [0.3, 0.4) is 0 Å². The number of methoxy groups -OCH3 is 1. The number of benzene rings is 2. The van der Waals surface area contributed by atoms with Crippen LogP contribution >= 0.6 is 23.2 Å². The summed E-state index contributed by atoms with van der Waals surface area (Å²) in [5.74, 6) is 0.160. The van der Waals surface area contributed by atoms with Gasteiger partial charge in [0.25, 0.3) is 5.89 Å². The van der Waals surface area contributed by atoms with E-state index in [9.17, 15) is 4.39 Å². The normalized spacial score (nSPS) is 11.6. The summed E-state index contributed by atoms with van der Waals surface area (Å²) in [5, 5.41) is 4.63. The highest BCUT2D eigenvalue weighted by Crippen LogP contribution is 2.26. The minimum atomic E-state index is -0.485. The van der Waals surface area contributed by atoms with Crippen LogP contribution < -0.4 is 4.74 Å². The molecule has 0 atom stereocenters. The molecule has 4 nitrogen and oxygen atoms in total. The minimum absolute atomic E-state index is 0.128. The third-order valence-electron chi connectivity index (χ3n) is 3.18. The molecule has 0 N–H and O–H groups in total. The Morgan fingerprint density at radius 2 is 2.08 bits per heavy atom. The van der Waals surface area contributed by atoms with Crippen LogP contribution in [0.4, 0.5) is 4.39 Å². The highest BCUT2D eigenvalue weighted by molar-refractivity contribution is 6.50. The summed E-state index contributed by atoms with van der Waals surface area (Å²) in [4.78, 5) is 4.22. The van der Waals surface area contributed by atoms with Gasteiger partial charge in [-0.15, -0.1) is 0 Å². The maximum atomic E-state index is 13.7. The standard InChI is InChI=1S/C17H11Cl2FN2O2/c1-23-15-6-5-10(8-14(15)20)7-13(19)17-21-16(22-24-17)11-3-2-4-12(18)9-11/h2-9H,1H3/b13-7-. The number of ether oxygens (including phenoxy) is 1. The molecule has 0 aliphatic heterocycles. The molecule has 0 aliphatic carbocycles. The largest absolute Gasteiger partial charge is 0.494 e. The fraction of sp³-hybridized carbons (Fsp3) is 0.0588. The second-order valence-corrected chi connectivity index (χ2v) is 5.66. The van der Waals surface area contributed by atoms with E-state index in [1.54, 1.807) is 30.3 Å². The van der Waals surface area contributed by atoms with Crippen molar-refractivity contribution in [3.63, 3.8) is 0 Å². The average Bonchev–Trinajstić information content (AvgIpc) is 3.05. The molecular weight excluding hydrogens is 354 g/mol. The molecule has 122 valence electrons. The van der Waals surface area contributed by atoms with Gasteiger partial charge in [-0.05, 0) is 35.9 Å². The van der Waals surface area contributed by atoms with Crippen molar-refractivity contribution >= 4 is 34.3 Å². The lowest BCUT2D eigenvalue weighted by molar-refractivity contribution is 0.386. The van der Waals surface area contributed by atoms with Crippen molar-refractivity contribution in [1.82, 2.24) is 10.1 Å². The van der Waals surface area contributed by atoms with Crippen molar-refractivity contribution in [2.24, 2.45) is 0 Å². The van der Waals surface area contributed by atoms with E-state index in [-0.39, 0.29) is 16.7 Å². The van der Waals surface area contributed by atoms with E-state index in [1.165, 1.54) is 25.3 Å². The van der Waals surface area contributed by atoms with Gasteiger partial charge in [-0.2, -0.15) is 4.98 Å². The van der Waals surface area contributed by atoms with E-state index in [1.807, 2.05) is 0 Å². The fourth-order valence-electron chi connectivity index (χ4n) is 2.05. The summed E-state index contributed by atoms with van der Waals surface area (Å²) in [5.41, 5.74) is 1.25. The van der Waals surface area contributed by atoms with Crippen LogP contribution in [0.2, 0.25) is 5.02 Å². The van der Waals surface area contributed by atoms with Gasteiger partial charge in [0.15, 0.2) is 11.6 Å². The molecule has 7 heteroatoms. The van der Waals surface area contributed by atoms with Gasteiger partial charge in [-0.3, -0.25) is 0 Å². The highest BCUT2D eigenvalue weighted by Gasteiger charge is 2.12. The fourth-order valence-corrected chi connectivity index (χ4v) is 2.44. The summed E-state index contributed by atoms with van der Waals surface area (Å²) in [6.07, 6.45) is 1.53. The van der Waals surface area contributed by atoms with Gasteiger partial charge in [-0.25, -0.2) is 4.39 Å². The first-order valence-corrected chi connectivity index (χ1v) is 7.63. The second kappa shape index (κ2) is 7.03. The predicted octanol–water partition coefficient (Wildman–Crippen LogP) is 5.27. The topological polar surface area (TPSA) is 48.2 Å². The molecular formula is C17H11Cl2FN2O2. The maximum Gasteiger partial charge on any atom is 0.269 e. The first-order chi connectivity index (χ1) is 11.6. The summed E-state index contributed by atoms with van der Waals surface area (Å²) in [6.45, 7) is 0. The van der Waals surface area contributed by atoms with E-state index in [2.05, 4.69) is 10.1 Å². The van der Waals surface area contributed by atoms with Crippen molar-refractivity contribution in [3.8, 4) is 17.1 Å². The van der Waals surface area contributed by atoms with E-state index < -0.39 is 5.82 Å². The smallest absolute Gasteiger partial charge is 0.269 e. The van der Waals surface area contributed by atoms with E-state index in [0.717, 1.165) is 0 Å². The van der Waals surface area contributed by atoms with Gasteiger partial charge in [-0.1, -0.05) is 46.6 Å². The quantitative estimate of drug-likeness (QED) is 0.632. The Balaban J connectivity index is 1.88. The van der Waals surface area contributed by atoms with Crippen molar-refractivity contribution < 1.29 is 13.7 Å². The van der Waals surface area contributed by atoms with Crippen LogP contribution in [-0.4, -0.2) is 17.3 Å². The van der Waals surface area contributed by atoms with Crippen LogP contribution in [0.5, 0.6) is 5.75 Å². The Bertz CT molecular complexity index is 909. The van der Waals surface area contributed by atoms with Gasteiger partial charge in [0.2, 0.25) is 5.82 Å². The lowest BCUT2D eigenvalue weighted by atomic mass is 10.2. The summed E-state index contributed by atoms with van der Waals surface area (Å²) in [6, 6.07) is 11.5. The van der Waals surface area contributed by atoms with Gasteiger partial charge >= 0.3 is 0 Å². The number of aromatic nitrogens is 2. The summed E-state index contributed by atoms with van der Waals surface area (Å²) in [7, 11) is 1.40. The molecule has 0 radical (unpaired) electrons. The predicted molar refractivity (Wildman–Crippen MR) is 91.4 cm³/mol. The van der Waals surface area contributed by atoms with Crippen molar-refractivity contribution in [1.29, 1.82) is 0 Å². The molecule has 0 unspecified atom stereocenters. The number of rotatable bonds is 4. The molecule has 0 fully saturated rings. The van der Waals surface area contributed by atoms with Gasteiger partial charge in [0.05, 0.1) is 7.11 Å². The molecule has 0 saturated carbocycles. The van der Waals surface area contributed by atoms with Crippen LogP contribution in [0, 0.1) is 5.82 Å². The Labute approximate surface area is 147 Å². The highest BCUT2D eigenvalue weighted by atomic mass is 35.5. The summed E-state index contributed by atoms with van der Waals surface area (Å²) >= 11 is 12.1. The Morgan fingerprint density at radius 3 is 2.79 bits per heavy atom. The number of halogens is 3. The van der Waals surface area contributed by atoms with E-state index in [0.29, 0.717) is 22.0 Å². The van der Waals surface area contributed by atoms with Gasteiger partial charge < -0.3 is 9.26 Å². The third-order valence-corrected chi connectivity index (χ3v) is 3.69. The zero-order valence-corrected chi connectivity index (χ0v) is 14.0. The SMILES string of the molecule is COc1ccc(/C=C(\Cl)c2nc(-c3cccc(Cl)c3)no2)cc1F. The first kappa shape index (κ1) is 16.5. The van der Waals surface area contributed by atoms with Crippen molar-refractivity contribution in [3.05, 3.63) is 64.8 Å². The Morgan fingerprint density at radius 1 is 1.25 bits per heavy atom. The van der Waals surface area contributed by atoms with Crippen LogP contribution in [0.25, 0.3) is 22.5 Å². The van der Waals surface area contributed by atoms with Crippen LogP contribution in [-0.2, 0) is 0 Å². The maximum absolute atomic E-state index is 13.7. The van der Waals surface area contributed by atoms with Crippen LogP contribution in [0.1, 0.15) is 11.5 Å². The third kappa shape index (κ3) is 3.58. The molecule has 2 aromatic carbocycles. The second-order valence-electron chi connectivity index (χ2n) is 4.82. The van der Waals surface area contributed by atoms with Gasteiger partial charge in [0, 0.05) is 10.6 Å².